The molecule has 1 aliphatic carbocycles. The topological polar surface area (TPSA) is 48.4 Å². The highest BCUT2D eigenvalue weighted by Gasteiger charge is 2.20. The highest BCUT2D eigenvalue weighted by atomic mass is 32.2. The molecule has 1 heterocycles. The molecule has 0 N–H and O–H groups in total. The summed E-state index contributed by atoms with van der Waals surface area (Å²) in [6.07, 6.45) is 3.85. The van der Waals surface area contributed by atoms with Gasteiger partial charge in [0.1, 0.15) is 6.61 Å². The fourth-order valence-electron chi connectivity index (χ4n) is 3.00. The van der Waals surface area contributed by atoms with Gasteiger partial charge < -0.3 is 9.47 Å². The first-order valence-corrected chi connectivity index (χ1v) is 10.7. The molecule has 1 unspecified atom stereocenters. The number of pyridine rings is 1. The Kier molecular flexibility index (Phi) is 7.47. The van der Waals surface area contributed by atoms with Crippen LogP contribution in [-0.4, -0.2) is 22.8 Å². The maximum atomic E-state index is 14.4. The molecule has 0 amide bonds. The number of hydrogen-bond acceptors (Lipinski definition) is 5. The van der Waals surface area contributed by atoms with Gasteiger partial charge in [0.15, 0.2) is 17.4 Å². The van der Waals surface area contributed by atoms with Crippen LogP contribution in [0.3, 0.4) is 0 Å². The Morgan fingerprint density at radius 1 is 1.28 bits per heavy atom. The maximum Gasteiger partial charge on any atom is 0.308 e. The van der Waals surface area contributed by atoms with Crippen LogP contribution >= 0.6 is 11.8 Å². The SMILES string of the molecule is CCOC(=O)C(C)Cc1cc(F)c(OCc2cccc(SC3CCC3)n2)c(F)c1. The average molecular weight is 422 g/mol. The molecule has 1 saturated carbocycles. The first kappa shape index (κ1) is 21.6. The number of hydrogen-bond donors (Lipinski definition) is 0. The zero-order valence-electron chi connectivity index (χ0n) is 16.6. The molecule has 0 saturated heterocycles. The number of nitrogens with zero attached hydrogens (tertiary/aromatic N) is 1. The molecular weight excluding hydrogens is 396 g/mol. The molecule has 29 heavy (non-hydrogen) atoms. The largest absolute Gasteiger partial charge is 0.481 e. The van der Waals surface area contributed by atoms with Gasteiger partial charge in [0.2, 0.25) is 0 Å². The van der Waals surface area contributed by atoms with Crippen molar-refractivity contribution >= 4 is 17.7 Å². The van der Waals surface area contributed by atoms with E-state index in [1.165, 1.54) is 31.4 Å². The summed E-state index contributed by atoms with van der Waals surface area (Å²) in [7, 11) is 0. The summed E-state index contributed by atoms with van der Waals surface area (Å²) in [6, 6.07) is 7.98. The average Bonchev–Trinajstić information content (AvgIpc) is 2.64. The summed E-state index contributed by atoms with van der Waals surface area (Å²) in [4.78, 5) is 16.2. The second-order valence-electron chi connectivity index (χ2n) is 7.17. The van der Waals surface area contributed by atoms with E-state index in [9.17, 15) is 13.6 Å². The molecule has 1 fully saturated rings. The van der Waals surface area contributed by atoms with E-state index < -0.39 is 23.3 Å². The van der Waals surface area contributed by atoms with Gasteiger partial charge in [-0.15, -0.1) is 11.8 Å². The fraction of sp³-hybridized carbons (Fsp3) is 0.455. The molecule has 156 valence electrons. The van der Waals surface area contributed by atoms with Crippen molar-refractivity contribution in [2.45, 2.75) is 56.4 Å². The van der Waals surface area contributed by atoms with E-state index in [4.69, 9.17) is 9.47 Å². The van der Waals surface area contributed by atoms with Crippen molar-refractivity contribution in [2.75, 3.05) is 6.61 Å². The minimum absolute atomic E-state index is 0.0223. The van der Waals surface area contributed by atoms with Crippen LogP contribution in [0.5, 0.6) is 5.75 Å². The number of ether oxygens (including phenoxy) is 2. The van der Waals surface area contributed by atoms with Gasteiger partial charge >= 0.3 is 5.97 Å². The van der Waals surface area contributed by atoms with E-state index in [0.717, 1.165) is 5.03 Å². The summed E-state index contributed by atoms with van der Waals surface area (Å²) >= 11 is 1.73. The second kappa shape index (κ2) is 10.1. The standard InChI is InChI=1S/C22H25F2NO3S/c1-3-27-22(26)14(2)10-15-11-18(23)21(19(24)12-15)28-13-16-6-4-9-20(25-16)29-17-7-5-8-17/h4,6,9,11-12,14,17H,3,5,7-8,10,13H2,1-2H3. The number of carbonyl (C=O) groups excluding carboxylic acids is 1. The second-order valence-corrected chi connectivity index (χ2v) is 8.49. The number of benzene rings is 1. The van der Waals surface area contributed by atoms with Gasteiger partial charge in [-0.05, 0) is 56.0 Å². The minimum Gasteiger partial charge on any atom is -0.481 e. The first-order chi connectivity index (χ1) is 14.0. The molecule has 3 rings (SSSR count). The van der Waals surface area contributed by atoms with Gasteiger partial charge in [-0.25, -0.2) is 13.8 Å². The Morgan fingerprint density at radius 2 is 2.00 bits per heavy atom. The Bertz CT molecular complexity index is 835. The normalized spacial score (nSPS) is 14.9. The van der Waals surface area contributed by atoms with Gasteiger partial charge in [0.25, 0.3) is 0 Å². The van der Waals surface area contributed by atoms with Crippen LogP contribution in [0.4, 0.5) is 8.78 Å². The minimum atomic E-state index is -0.795. The highest BCUT2D eigenvalue weighted by Crippen LogP contribution is 2.35. The van der Waals surface area contributed by atoms with E-state index in [0.29, 0.717) is 16.5 Å². The molecule has 1 aliphatic rings. The third kappa shape index (κ3) is 5.92. The van der Waals surface area contributed by atoms with Gasteiger partial charge in [0, 0.05) is 5.25 Å². The summed E-state index contributed by atoms with van der Waals surface area (Å²) in [6.45, 7) is 3.63. The van der Waals surface area contributed by atoms with Crippen molar-refractivity contribution in [1.82, 2.24) is 4.98 Å². The van der Waals surface area contributed by atoms with Crippen molar-refractivity contribution in [1.29, 1.82) is 0 Å². The summed E-state index contributed by atoms with van der Waals surface area (Å²) in [5, 5.41) is 1.51. The predicted molar refractivity (Wildman–Crippen MR) is 108 cm³/mol. The predicted octanol–water partition coefficient (Wildman–Crippen LogP) is 5.33. The van der Waals surface area contributed by atoms with Gasteiger partial charge in [0.05, 0.1) is 23.2 Å². The lowest BCUT2D eigenvalue weighted by molar-refractivity contribution is -0.147. The van der Waals surface area contributed by atoms with Crippen LogP contribution in [0.25, 0.3) is 0 Å². The number of thioether (sulfide) groups is 1. The van der Waals surface area contributed by atoms with Gasteiger partial charge in [-0.2, -0.15) is 0 Å². The van der Waals surface area contributed by atoms with Crippen LogP contribution < -0.4 is 4.74 Å². The molecule has 0 bridgehead atoms. The number of carbonyl (C=O) groups is 1. The van der Waals surface area contributed by atoms with E-state index in [1.54, 1.807) is 31.7 Å². The molecule has 4 nitrogen and oxygen atoms in total. The Morgan fingerprint density at radius 3 is 2.62 bits per heavy atom. The summed E-state index contributed by atoms with van der Waals surface area (Å²) in [5.41, 5.74) is 0.998. The molecule has 0 aliphatic heterocycles. The first-order valence-electron chi connectivity index (χ1n) is 9.86. The Balaban J connectivity index is 1.62. The van der Waals surface area contributed by atoms with Gasteiger partial charge in [-0.3, -0.25) is 4.79 Å². The van der Waals surface area contributed by atoms with Crippen LogP contribution in [0.2, 0.25) is 0 Å². The fourth-order valence-corrected chi connectivity index (χ4v) is 4.24. The van der Waals surface area contributed by atoms with E-state index in [2.05, 4.69) is 4.98 Å². The van der Waals surface area contributed by atoms with Crippen molar-refractivity contribution in [3.8, 4) is 5.75 Å². The smallest absolute Gasteiger partial charge is 0.308 e. The summed E-state index contributed by atoms with van der Waals surface area (Å²) < 4.78 is 39.1. The third-order valence-electron chi connectivity index (χ3n) is 4.77. The lowest BCUT2D eigenvalue weighted by atomic mass is 10.0. The van der Waals surface area contributed by atoms with Crippen LogP contribution in [-0.2, 0) is 22.6 Å². The molecule has 7 heteroatoms. The number of esters is 1. The molecule has 1 atom stereocenters. The van der Waals surface area contributed by atoms with Crippen molar-refractivity contribution in [3.63, 3.8) is 0 Å². The van der Waals surface area contributed by atoms with Crippen molar-refractivity contribution < 1.29 is 23.0 Å². The van der Waals surface area contributed by atoms with Crippen LogP contribution in [0.1, 0.15) is 44.4 Å². The monoisotopic (exact) mass is 421 g/mol. The number of rotatable bonds is 9. The molecule has 0 spiro atoms. The number of halogens is 2. The zero-order valence-corrected chi connectivity index (χ0v) is 17.4. The zero-order chi connectivity index (χ0) is 20.8. The lowest BCUT2D eigenvalue weighted by Crippen LogP contribution is -2.17. The van der Waals surface area contributed by atoms with E-state index >= 15 is 0 Å². The summed E-state index contributed by atoms with van der Waals surface area (Å²) in [5.74, 6) is -2.90. The molecule has 1 aromatic heterocycles. The quantitative estimate of drug-likeness (QED) is 0.513. The van der Waals surface area contributed by atoms with Gasteiger partial charge in [-0.1, -0.05) is 19.4 Å². The Hall–Kier alpha value is -2.15. The molecule has 1 aromatic carbocycles. The highest BCUT2D eigenvalue weighted by molar-refractivity contribution is 7.99. The van der Waals surface area contributed by atoms with Crippen molar-refractivity contribution in [3.05, 3.63) is 53.2 Å². The van der Waals surface area contributed by atoms with Crippen LogP contribution in [0.15, 0.2) is 35.4 Å². The third-order valence-corrected chi connectivity index (χ3v) is 6.05. The molecule has 2 aromatic rings. The van der Waals surface area contributed by atoms with E-state index in [-0.39, 0.29) is 25.6 Å². The number of aromatic nitrogens is 1. The Labute approximate surface area is 174 Å². The van der Waals surface area contributed by atoms with Crippen molar-refractivity contribution in [2.24, 2.45) is 5.92 Å². The molecule has 0 radical (unpaired) electrons. The lowest BCUT2D eigenvalue weighted by Gasteiger charge is -2.24. The molecular formula is C22H25F2NO3S. The maximum absolute atomic E-state index is 14.4. The van der Waals surface area contributed by atoms with Crippen LogP contribution in [0, 0.1) is 17.6 Å². The van der Waals surface area contributed by atoms with E-state index in [1.807, 2.05) is 12.1 Å².